The van der Waals surface area contributed by atoms with E-state index in [0.717, 1.165) is 32.5 Å². The van der Waals surface area contributed by atoms with Crippen molar-refractivity contribution in [3.8, 4) is 0 Å². The molecule has 6 nitrogen and oxygen atoms in total. The van der Waals surface area contributed by atoms with Crippen LogP contribution in [-0.2, 0) is 4.79 Å². The molecule has 0 aliphatic carbocycles. The van der Waals surface area contributed by atoms with E-state index in [1.54, 1.807) is 4.90 Å². The van der Waals surface area contributed by atoms with Crippen molar-refractivity contribution < 1.29 is 14.8 Å². The van der Waals surface area contributed by atoms with E-state index in [4.69, 9.17) is 0 Å². The normalized spacial score (nSPS) is 27.3. The largest absolute Gasteiger partial charge is 0.475 e. The molecule has 3 N–H and O–H groups in total. The Labute approximate surface area is 114 Å². The van der Waals surface area contributed by atoms with Gasteiger partial charge in [-0.25, -0.2) is 0 Å². The minimum absolute atomic E-state index is 0.0179. The van der Waals surface area contributed by atoms with Crippen LogP contribution in [0.15, 0.2) is 0 Å². The third-order valence-corrected chi connectivity index (χ3v) is 4.26. The van der Waals surface area contributed by atoms with Crippen LogP contribution in [-0.4, -0.2) is 77.6 Å². The summed E-state index contributed by atoms with van der Waals surface area (Å²) in [6.07, 6.45) is 2.61. The summed E-state index contributed by atoms with van der Waals surface area (Å²) in [5, 5.41) is 21.9. The van der Waals surface area contributed by atoms with Gasteiger partial charge in [0, 0.05) is 19.1 Å². The summed E-state index contributed by atoms with van der Waals surface area (Å²) in [4.78, 5) is 16.1. The van der Waals surface area contributed by atoms with Crippen LogP contribution in [0, 0.1) is 0 Å². The Morgan fingerprint density at radius 2 is 2.26 bits per heavy atom. The van der Waals surface area contributed by atoms with Gasteiger partial charge in [0.2, 0.25) is 5.91 Å². The van der Waals surface area contributed by atoms with Gasteiger partial charge in [0.15, 0.2) is 0 Å². The Morgan fingerprint density at radius 3 is 2.84 bits per heavy atom. The molecule has 2 atom stereocenters. The van der Waals surface area contributed by atoms with Gasteiger partial charge < -0.3 is 20.3 Å². The average molecular weight is 269 g/mol. The van der Waals surface area contributed by atoms with Crippen LogP contribution in [0.25, 0.3) is 0 Å². The second-order valence-electron chi connectivity index (χ2n) is 5.42. The van der Waals surface area contributed by atoms with Crippen molar-refractivity contribution in [1.29, 1.82) is 0 Å². The molecule has 2 heterocycles. The molecule has 0 aromatic carbocycles. The predicted molar refractivity (Wildman–Crippen MR) is 73.4 cm³/mol. The van der Waals surface area contributed by atoms with Gasteiger partial charge in [-0.3, -0.25) is 9.69 Å². The van der Waals surface area contributed by atoms with E-state index < -0.39 is 13.1 Å². The highest BCUT2D eigenvalue weighted by molar-refractivity contribution is 6.43. The standard InChI is InChI=1S/C12H24BN3O3/c1-2-15(10-5-6-14-8-10)9-12(17)16-7-3-4-11(16)13(18)19/h10-11,14,18-19H,2-9H2,1H3/t10?,11-/m0/s1. The van der Waals surface area contributed by atoms with Crippen molar-refractivity contribution in [2.75, 3.05) is 32.7 Å². The van der Waals surface area contributed by atoms with Gasteiger partial charge in [0.05, 0.1) is 12.5 Å². The molecule has 2 aliphatic rings. The lowest BCUT2D eigenvalue weighted by Gasteiger charge is -2.30. The Morgan fingerprint density at radius 1 is 1.47 bits per heavy atom. The molecule has 0 saturated carbocycles. The maximum absolute atomic E-state index is 12.3. The fraction of sp³-hybridized carbons (Fsp3) is 0.917. The van der Waals surface area contributed by atoms with Gasteiger partial charge in [-0.2, -0.15) is 0 Å². The predicted octanol–water partition coefficient (Wildman–Crippen LogP) is -1.33. The number of hydrogen-bond donors (Lipinski definition) is 3. The van der Waals surface area contributed by atoms with E-state index >= 15 is 0 Å². The fourth-order valence-electron chi connectivity index (χ4n) is 3.13. The molecule has 7 heteroatoms. The van der Waals surface area contributed by atoms with Crippen molar-refractivity contribution in [2.45, 2.75) is 38.2 Å². The van der Waals surface area contributed by atoms with Gasteiger partial charge in [-0.15, -0.1) is 0 Å². The maximum atomic E-state index is 12.3. The summed E-state index contributed by atoms with van der Waals surface area (Å²) < 4.78 is 0. The highest BCUT2D eigenvalue weighted by Gasteiger charge is 2.37. The molecule has 2 saturated heterocycles. The van der Waals surface area contributed by atoms with E-state index in [2.05, 4.69) is 17.1 Å². The molecule has 0 aromatic rings. The number of carbonyl (C=O) groups excluding carboxylic acids is 1. The van der Waals surface area contributed by atoms with Crippen molar-refractivity contribution in [1.82, 2.24) is 15.1 Å². The number of carbonyl (C=O) groups is 1. The Bertz CT molecular complexity index is 311. The number of nitrogens with one attached hydrogen (secondary N) is 1. The Balaban J connectivity index is 1.91. The second-order valence-corrected chi connectivity index (χ2v) is 5.42. The van der Waals surface area contributed by atoms with E-state index in [9.17, 15) is 14.8 Å². The molecular formula is C12H24BN3O3. The Kier molecular flexibility index (Phi) is 5.21. The molecule has 1 amide bonds. The number of amides is 1. The summed E-state index contributed by atoms with van der Waals surface area (Å²) in [6.45, 7) is 5.88. The van der Waals surface area contributed by atoms with Gasteiger partial charge >= 0.3 is 7.12 Å². The number of likely N-dealkylation sites (tertiary alicyclic amines) is 1. The molecule has 2 fully saturated rings. The Hall–Kier alpha value is -0.625. The third kappa shape index (κ3) is 3.48. The molecule has 1 unspecified atom stereocenters. The summed E-state index contributed by atoms with van der Waals surface area (Å²) in [5.41, 5.74) is 0. The first kappa shape index (κ1) is 14.8. The summed E-state index contributed by atoms with van der Waals surface area (Å²) in [6, 6.07) is 0.425. The summed E-state index contributed by atoms with van der Waals surface area (Å²) >= 11 is 0. The van der Waals surface area contributed by atoms with Crippen LogP contribution < -0.4 is 5.32 Å². The molecule has 0 aromatic heterocycles. The number of likely N-dealkylation sites (N-methyl/N-ethyl adjacent to an activating group) is 1. The first-order valence-electron chi connectivity index (χ1n) is 7.24. The minimum atomic E-state index is -1.42. The second kappa shape index (κ2) is 6.70. The van der Waals surface area contributed by atoms with Crippen LogP contribution in [0.2, 0.25) is 0 Å². The summed E-state index contributed by atoms with van der Waals surface area (Å²) in [7, 11) is -1.42. The molecule has 0 bridgehead atoms. The highest BCUT2D eigenvalue weighted by atomic mass is 16.4. The van der Waals surface area contributed by atoms with Crippen molar-refractivity contribution in [3.05, 3.63) is 0 Å². The van der Waals surface area contributed by atoms with Crippen LogP contribution in [0.1, 0.15) is 26.2 Å². The van der Waals surface area contributed by atoms with Gasteiger partial charge in [-0.1, -0.05) is 6.92 Å². The lowest BCUT2D eigenvalue weighted by Crippen LogP contribution is -2.50. The zero-order valence-electron chi connectivity index (χ0n) is 11.6. The van der Waals surface area contributed by atoms with E-state index in [1.165, 1.54) is 0 Å². The molecule has 19 heavy (non-hydrogen) atoms. The average Bonchev–Trinajstić information content (AvgIpc) is 3.05. The number of nitrogens with zero attached hydrogens (tertiary/aromatic N) is 2. The SMILES string of the molecule is CCN(CC(=O)N1CCC[C@H]1B(O)O)C1CCNC1. The molecule has 108 valence electrons. The molecule has 2 rings (SSSR count). The van der Waals surface area contributed by atoms with Gasteiger partial charge in [0.1, 0.15) is 0 Å². The van der Waals surface area contributed by atoms with Gasteiger partial charge in [-0.05, 0) is 32.4 Å². The topological polar surface area (TPSA) is 76.0 Å². The zero-order chi connectivity index (χ0) is 13.8. The first-order chi connectivity index (χ1) is 9.13. The van der Waals surface area contributed by atoms with Crippen LogP contribution in [0.4, 0.5) is 0 Å². The maximum Gasteiger partial charge on any atom is 0.475 e. The van der Waals surface area contributed by atoms with E-state index in [0.29, 0.717) is 25.6 Å². The fourth-order valence-corrected chi connectivity index (χ4v) is 3.13. The van der Waals surface area contributed by atoms with E-state index in [1.807, 2.05) is 0 Å². The van der Waals surface area contributed by atoms with Crippen molar-refractivity contribution >= 4 is 13.0 Å². The number of hydrogen-bond acceptors (Lipinski definition) is 5. The van der Waals surface area contributed by atoms with Crippen molar-refractivity contribution in [2.24, 2.45) is 0 Å². The summed E-state index contributed by atoms with van der Waals surface area (Å²) in [5.74, 6) is -0.405. The van der Waals surface area contributed by atoms with Crippen LogP contribution >= 0.6 is 0 Å². The van der Waals surface area contributed by atoms with E-state index in [-0.39, 0.29) is 5.91 Å². The number of rotatable bonds is 5. The monoisotopic (exact) mass is 269 g/mol. The molecule has 2 aliphatic heterocycles. The minimum Gasteiger partial charge on any atom is -0.426 e. The lowest BCUT2D eigenvalue weighted by molar-refractivity contribution is -0.132. The third-order valence-electron chi connectivity index (χ3n) is 4.26. The zero-order valence-corrected chi connectivity index (χ0v) is 11.6. The van der Waals surface area contributed by atoms with Crippen molar-refractivity contribution in [3.63, 3.8) is 0 Å². The molecule has 0 spiro atoms. The first-order valence-corrected chi connectivity index (χ1v) is 7.24. The highest BCUT2D eigenvalue weighted by Crippen LogP contribution is 2.19. The quantitative estimate of drug-likeness (QED) is 0.539. The van der Waals surface area contributed by atoms with Crippen LogP contribution in [0.5, 0.6) is 0 Å². The lowest BCUT2D eigenvalue weighted by atomic mass is 9.78. The molecular weight excluding hydrogens is 245 g/mol. The molecule has 0 radical (unpaired) electrons. The smallest absolute Gasteiger partial charge is 0.426 e. The van der Waals surface area contributed by atoms with Crippen LogP contribution in [0.3, 0.4) is 0 Å². The van der Waals surface area contributed by atoms with Gasteiger partial charge in [0.25, 0.3) is 0 Å².